The molecule has 1 heterocycles. The Kier molecular flexibility index (Phi) is 5.50. The number of hydrogen-bond acceptors (Lipinski definition) is 4. The van der Waals surface area contributed by atoms with Crippen molar-refractivity contribution in [3.63, 3.8) is 0 Å². The zero-order chi connectivity index (χ0) is 13.6. The summed E-state index contributed by atoms with van der Waals surface area (Å²) in [7, 11) is 1.61. The van der Waals surface area contributed by atoms with Gasteiger partial charge in [0.15, 0.2) is 11.6 Å². The molecule has 5 heteroatoms. The molecule has 0 saturated heterocycles. The largest absolute Gasteiger partial charge is 0.383 e. The normalized spacial score (nSPS) is 11.6. The molecular weight excluding hydrogens is 233 g/mol. The molecule has 18 heavy (non-hydrogen) atoms. The fraction of sp³-hybridized carbons (Fsp3) is 0.615. The zero-order valence-electron chi connectivity index (χ0n) is 11.5. The smallest absolute Gasteiger partial charge is 0.169 e. The Morgan fingerprint density at radius 2 is 2.11 bits per heavy atom. The Balaban J connectivity index is 2.66. The number of aromatic nitrogens is 1. The first kappa shape index (κ1) is 14.9. The van der Waals surface area contributed by atoms with Gasteiger partial charge in [0.1, 0.15) is 0 Å². The monoisotopic (exact) mass is 255 g/mol. The van der Waals surface area contributed by atoms with E-state index in [9.17, 15) is 4.39 Å². The number of nitrogens with one attached hydrogen (secondary N) is 2. The van der Waals surface area contributed by atoms with Gasteiger partial charge >= 0.3 is 0 Å². The fourth-order valence-corrected chi connectivity index (χ4v) is 1.38. The summed E-state index contributed by atoms with van der Waals surface area (Å²) >= 11 is 0. The molecule has 0 unspecified atom stereocenters. The molecule has 4 nitrogen and oxygen atoms in total. The molecule has 0 aliphatic rings. The molecule has 102 valence electrons. The van der Waals surface area contributed by atoms with Gasteiger partial charge in [-0.2, -0.15) is 0 Å². The fourth-order valence-electron chi connectivity index (χ4n) is 1.38. The molecule has 0 amide bonds. The van der Waals surface area contributed by atoms with Gasteiger partial charge in [0, 0.05) is 37.5 Å². The number of nitrogens with zero attached hydrogens (tertiary/aromatic N) is 1. The van der Waals surface area contributed by atoms with Crippen LogP contribution in [-0.4, -0.2) is 30.8 Å². The predicted octanol–water partition coefficient (Wildman–Crippen LogP) is 2.17. The number of halogens is 1. The lowest BCUT2D eigenvalue weighted by atomic mass is 10.1. The van der Waals surface area contributed by atoms with Crippen LogP contribution in [0, 0.1) is 5.82 Å². The molecule has 0 aromatic carbocycles. The van der Waals surface area contributed by atoms with Crippen molar-refractivity contribution < 1.29 is 9.13 Å². The van der Waals surface area contributed by atoms with Crippen molar-refractivity contribution in [3.05, 3.63) is 23.6 Å². The van der Waals surface area contributed by atoms with Crippen molar-refractivity contribution >= 4 is 5.82 Å². The average Bonchev–Trinajstić information content (AvgIpc) is 2.29. The number of ether oxygens (including phenoxy) is 1. The number of pyridine rings is 1. The Morgan fingerprint density at radius 1 is 1.39 bits per heavy atom. The number of methoxy groups -OCH3 is 1. The lowest BCUT2D eigenvalue weighted by molar-refractivity contribution is 0.210. The minimum absolute atomic E-state index is 0.0423. The summed E-state index contributed by atoms with van der Waals surface area (Å²) in [6, 6.07) is 1.69. The highest BCUT2D eigenvalue weighted by molar-refractivity contribution is 5.39. The molecule has 1 aromatic heterocycles. The Bertz CT molecular complexity index is 377. The second-order valence-electron chi connectivity index (χ2n) is 5.16. The Labute approximate surface area is 108 Å². The molecule has 0 saturated carbocycles. The first-order chi connectivity index (χ1) is 8.44. The van der Waals surface area contributed by atoms with Gasteiger partial charge in [0.2, 0.25) is 0 Å². The van der Waals surface area contributed by atoms with Gasteiger partial charge in [-0.15, -0.1) is 0 Å². The molecular formula is C13H22FN3O. The maximum Gasteiger partial charge on any atom is 0.169 e. The summed E-state index contributed by atoms with van der Waals surface area (Å²) in [6.45, 7) is 7.68. The zero-order valence-corrected chi connectivity index (χ0v) is 11.5. The van der Waals surface area contributed by atoms with Crippen LogP contribution in [0.1, 0.15) is 26.3 Å². The first-order valence-corrected chi connectivity index (χ1v) is 6.05. The van der Waals surface area contributed by atoms with E-state index in [2.05, 4.69) is 15.6 Å². The second-order valence-corrected chi connectivity index (χ2v) is 5.16. The third-order valence-electron chi connectivity index (χ3n) is 2.38. The van der Waals surface area contributed by atoms with Gasteiger partial charge in [-0.25, -0.2) is 9.37 Å². The molecule has 0 fully saturated rings. The lowest BCUT2D eigenvalue weighted by Gasteiger charge is -2.21. The van der Waals surface area contributed by atoms with Crippen LogP contribution in [0.2, 0.25) is 0 Å². The highest BCUT2D eigenvalue weighted by Gasteiger charge is 2.13. The van der Waals surface area contributed by atoms with Crippen LogP contribution in [0.25, 0.3) is 0 Å². The van der Waals surface area contributed by atoms with Gasteiger partial charge in [-0.1, -0.05) is 0 Å². The summed E-state index contributed by atoms with van der Waals surface area (Å²) < 4.78 is 19.0. The van der Waals surface area contributed by atoms with Crippen LogP contribution in [0.15, 0.2) is 12.3 Å². The maximum absolute atomic E-state index is 14.1. The molecule has 1 rings (SSSR count). The van der Waals surface area contributed by atoms with Crippen LogP contribution in [0.5, 0.6) is 0 Å². The Hall–Kier alpha value is -1.20. The van der Waals surface area contributed by atoms with Gasteiger partial charge in [0.05, 0.1) is 6.61 Å². The number of rotatable bonds is 6. The molecule has 0 bridgehead atoms. The van der Waals surface area contributed by atoms with E-state index in [1.165, 1.54) is 0 Å². The van der Waals surface area contributed by atoms with Crippen LogP contribution in [0.4, 0.5) is 10.2 Å². The SMILES string of the molecule is COCCNc1nccc(CNC(C)(C)C)c1F. The van der Waals surface area contributed by atoms with Crippen LogP contribution in [0.3, 0.4) is 0 Å². The van der Waals surface area contributed by atoms with Crippen molar-refractivity contribution in [2.45, 2.75) is 32.9 Å². The van der Waals surface area contributed by atoms with E-state index < -0.39 is 0 Å². The Morgan fingerprint density at radius 3 is 2.72 bits per heavy atom. The first-order valence-electron chi connectivity index (χ1n) is 6.05. The maximum atomic E-state index is 14.1. The minimum atomic E-state index is -0.301. The van der Waals surface area contributed by atoms with Crippen LogP contribution >= 0.6 is 0 Å². The van der Waals surface area contributed by atoms with E-state index in [1.54, 1.807) is 19.4 Å². The average molecular weight is 255 g/mol. The van der Waals surface area contributed by atoms with Gasteiger partial charge in [0.25, 0.3) is 0 Å². The third kappa shape index (κ3) is 4.98. The highest BCUT2D eigenvalue weighted by atomic mass is 19.1. The number of hydrogen-bond donors (Lipinski definition) is 2. The predicted molar refractivity (Wildman–Crippen MR) is 71.2 cm³/mol. The number of anilines is 1. The molecule has 0 atom stereocenters. The van der Waals surface area contributed by atoms with E-state index >= 15 is 0 Å². The van der Waals surface area contributed by atoms with E-state index in [-0.39, 0.29) is 17.2 Å². The molecule has 0 spiro atoms. The molecule has 0 radical (unpaired) electrons. The van der Waals surface area contributed by atoms with Crippen LogP contribution in [-0.2, 0) is 11.3 Å². The summed E-state index contributed by atoms with van der Waals surface area (Å²) in [4.78, 5) is 3.99. The van der Waals surface area contributed by atoms with Gasteiger partial charge in [-0.3, -0.25) is 0 Å². The van der Waals surface area contributed by atoms with E-state index in [4.69, 9.17) is 4.74 Å². The molecule has 2 N–H and O–H groups in total. The van der Waals surface area contributed by atoms with Gasteiger partial charge < -0.3 is 15.4 Å². The highest BCUT2D eigenvalue weighted by Crippen LogP contribution is 2.15. The van der Waals surface area contributed by atoms with E-state index in [0.29, 0.717) is 25.3 Å². The van der Waals surface area contributed by atoms with Crippen molar-refractivity contribution in [3.8, 4) is 0 Å². The standard InChI is InChI=1S/C13H22FN3O/c1-13(2,3)17-9-10-5-6-15-12(11(10)14)16-7-8-18-4/h5-6,17H,7-9H2,1-4H3,(H,15,16). The molecule has 1 aromatic rings. The third-order valence-corrected chi connectivity index (χ3v) is 2.38. The van der Waals surface area contributed by atoms with E-state index in [1.807, 2.05) is 20.8 Å². The topological polar surface area (TPSA) is 46.2 Å². The minimum Gasteiger partial charge on any atom is -0.383 e. The summed E-state index contributed by atoms with van der Waals surface area (Å²) in [5.74, 6) is -0.0226. The van der Waals surface area contributed by atoms with Crippen molar-refractivity contribution in [1.29, 1.82) is 0 Å². The van der Waals surface area contributed by atoms with Gasteiger partial charge in [-0.05, 0) is 26.8 Å². The quantitative estimate of drug-likeness (QED) is 0.765. The second kappa shape index (κ2) is 6.66. The lowest BCUT2D eigenvalue weighted by Crippen LogP contribution is -2.35. The summed E-state index contributed by atoms with van der Waals surface area (Å²) in [5, 5.41) is 6.17. The summed E-state index contributed by atoms with van der Waals surface area (Å²) in [5.41, 5.74) is 0.569. The molecule has 0 aliphatic heterocycles. The molecule has 0 aliphatic carbocycles. The van der Waals surface area contributed by atoms with Crippen molar-refractivity contribution in [2.75, 3.05) is 25.6 Å². The van der Waals surface area contributed by atoms with E-state index in [0.717, 1.165) is 0 Å². The summed E-state index contributed by atoms with van der Waals surface area (Å²) in [6.07, 6.45) is 1.61. The van der Waals surface area contributed by atoms with Crippen molar-refractivity contribution in [2.24, 2.45) is 0 Å². The van der Waals surface area contributed by atoms with Crippen molar-refractivity contribution in [1.82, 2.24) is 10.3 Å². The van der Waals surface area contributed by atoms with Crippen LogP contribution < -0.4 is 10.6 Å².